The number of ether oxygens (including phenoxy) is 1. The fraction of sp³-hybridized carbons (Fsp3) is 0.130. The lowest BCUT2D eigenvalue weighted by Gasteiger charge is -2.23. The number of fused-ring (bicyclic) bond motifs is 1. The van der Waals surface area contributed by atoms with Crippen molar-refractivity contribution < 1.29 is 9.66 Å². The van der Waals surface area contributed by atoms with E-state index in [2.05, 4.69) is 9.97 Å². The van der Waals surface area contributed by atoms with Crippen molar-refractivity contribution >= 4 is 39.6 Å². The summed E-state index contributed by atoms with van der Waals surface area (Å²) < 4.78 is 5.79. The van der Waals surface area contributed by atoms with E-state index in [0.29, 0.717) is 17.3 Å². The van der Waals surface area contributed by atoms with Gasteiger partial charge in [0.05, 0.1) is 10.6 Å². The van der Waals surface area contributed by atoms with Crippen molar-refractivity contribution in [1.82, 2.24) is 9.97 Å². The second kappa shape index (κ2) is 8.57. The van der Waals surface area contributed by atoms with E-state index in [-0.39, 0.29) is 17.4 Å². The van der Waals surface area contributed by atoms with Crippen LogP contribution in [0.4, 0.5) is 17.2 Å². The van der Waals surface area contributed by atoms with Gasteiger partial charge in [-0.05, 0) is 49.1 Å². The molecule has 7 nitrogen and oxygen atoms in total. The molecule has 0 saturated heterocycles. The van der Waals surface area contributed by atoms with E-state index in [4.69, 9.17) is 16.3 Å². The van der Waals surface area contributed by atoms with Gasteiger partial charge in [0.25, 0.3) is 0 Å². The van der Waals surface area contributed by atoms with Crippen molar-refractivity contribution in [3.63, 3.8) is 0 Å². The molecule has 0 spiro atoms. The molecule has 0 bridgehead atoms. The number of hydrogen-bond donors (Lipinski definition) is 0. The van der Waals surface area contributed by atoms with E-state index < -0.39 is 4.92 Å². The van der Waals surface area contributed by atoms with Crippen LogP contribution >= 0.6 is 11.6 Å². The summed E-state index contributed by atoms with van der Waals surface area (Å²) in [7, 11) is 0. The normalized spacial score (nSPS) is 10.8. The van der Waals surface area contributed by atoms with Crippen molar-refractivity contribution in [1.29, 1.82) is 0 Å². The van der Waals surface area contributed by atoms with E-state index in [1.165, 1.54) is 6.33 Å². The Balaban J connectivity index is 1.84. The number of nitro groups is 1. The number of aryl methyl sites for hydroxylation is 1. The molecule has 0 aliphatic heterocycles. The van der Waals surface area contributed by atoms with Crippen LogP contribution in [0, 0.1) is 17.0 Å². The fourth-order valence-corrected chi connectivity index (χ4v) is 3.57. The Hall–Kier alpha value is -3.71. The molecule has 0 N–H and O–H groups in total. The van der Waals surface area contributed by atoms with Gasteiger partial charge in [0.2, 0.25) is 5.82 Å². The number of nitrogens with zero attached hydrogens (tertiary/aromatic N) is 4. The molecule has 1 heterocycles. The van der Waals surface area contributed by atoms with Gasteiger partial charge >= 0.3 is 11.6 Å². The average molecular weight is 435 g/mol. The van der Waals surface area contributed by atoms with Crippen LogP contribution in [0.25, 0.3) is 10.8 Å². The van der Waals surface area contributed by atoms with Crippen LogP contribution in [0.15, 0.2) is 67.0 Å². The highest BCUT2D eigenvalue weighted by atomic mass is 35.5. The Morgan fingerprint density at radius 3 is 2.61 bits per heavy atom. The van der Waals surface area contributed by atoms with Crippen LogP contribution < -0.4 is 9.64 Å². The van der Waals surface area contributed by atoms with Gasteiger partial charge in [0.15, 0.2) is 0 Å². The lowest BCUT2D eigenvalue weighted by atomic mass is 10.1. The maximum atomic E-state index is 12.1. The van der Waals surface area contributed by atoms with Crippen LogP contribution in [-0.4, -0.2) is 21.4 Å². The minimum Gasteiger partial charge on any atom is -0.434 e. The first-order valence-corrected chi connectivity index (χ1v) is 10.1. The van der Waals surface area contributed by atoms with Gasteiger partial charge in [0.1, 0.15) is 12.1 Å². The average Bonchev–Trinajstić information content (AvgIpc) is 2.77. The van der Waals surface area contributed by atoms with Crippen molar-refractivity contribution in [3.8, 4) is 11.6 Å². The van der Waals surface area contributed by atoms with E-state index in [1.54, 1.807) is 23.1 Å². The molecule has 4 rings (SSSR count). The van der Waals surface area contributed by atoms with E-state index in [0.717, 1.165) is 22.0 Å². The monoisotopic (exact) mass is 434 g/mol. The predicted molar refractivity (Wildman–Crippen MR) is 122 cm³/mol. The number of halogens is 1. The number of anilines is 2. The zero-order valence-corrected chi connectivity index (χ0v) is 17.7. The molecule has 0 unspecified atom stereocenters. The van der Waals surface area contributed by atoms with Crippen LogP contribution in [0.2, 0.25) is 5.02 Å². The SMILES string of the molecule is CCN(c1ncnc(Oc2ccc(Cl)c(C)c2)c1[N+](=O)[O-])c1cccc2ccccc12. The van der Waals surface area contributed by atoms with Crippen LogP contribution in [0.3, 0.4) is 0 Å². The minimum absolute atomic E-state index is 0.129. The van der Waals surface area contributed by atoms with Crippen LogP contribution in [0.5, 0.6) is 11.6 Å². The van der Waals surface area contributed by atoms with E-state index >= 15 is 0 Å². The number of hydrogen-bond acceptors (Lipinski definition) is 6. The first-order chi connectivity index (χ1) is 15.0. The summed E-state index contributed by atoms with van der Waals surface area (Å²) in [6.45, 7) is 4.20. The minimum atomic E-state index is -0.513. The summed E-state index contributed by atoms with van der Waals surface area (Å²) in [6, 6.07) is 18.7. The molecular formula is C23H19ClN4O3. The Kier molecular flexibility index (Phi) is 5.68. The highest BCUT2D eigenvalue weighted by molar-refractivity contribution is 6.31. The molecule has 4 aromatic rings. The number of rotatable bonds is 6. The van der Waals surface area contributed by atoms with E-state index in [1.807, 2.05) is 56.3 Å². The molecule has 8 heteroatoms. The summed E-state index contributed by atoms with van der Waals surface area (Å²) in [4.78, 5) is 21.7. The van der Waals surface area contributed by atoms with Crippen molar-refractivity contribution in [3.05, 3.63) is 87.7 Å². The number of aromatic nitrogens is 2. The van der Waals surface area contributed by atoms with Crippen LogP contribution in [0.1, 0.15) is 12.5 Å². The maximum Gasteiger partial charge on any atom is 0.373 e. The van der Waals surface area contributed by atoms with Crippen molar-refractivity contribution in [2.75, 3.05) is 11.4 Å². The van der Waals surface area contributed by atoms with Gasteiger partial charge in [-0.3, -0.25) is 10.1 Å². The van der Waals surface area contributed by atoms with E-state index in [9.17, 15) is 10.1 Å². The summed E-state index contributed by atoms with van der Waals surface area (Å²) in [6.07, 6.45) is 1.27. The lowest BCUT2D eigenvalue weighted by molar-refractivity contribution is -0.385. The molecule has 0 amide bonds. The predicted octanol–water partition coefficient (Wildman–Crippen LogP) is 6.45. The third-order valence-corrected chi connectivity index (χ3v) is 5.35. The Bertz CT molecular complexity index is 1270. The molecule has 0 aliphatic carbocycles. The van der Waals surface area contributed by atoms with Gasteiger partial charge < -0.3 is 9.64 Å². The van der Waals surface area contributed by atoms with Crippen molar-refractivity contribution in [2.24, 2.45) is 0 Å². The molecule has 0 aliphatic rings. The second-order valence-electron chi connectivity index (χ2n) is 6.86. The largest absolute Gasteiger partial charge is 0.434 e. The molecule has 31 heavy (non-hydrogen) atoms. The summed E-state index contributed by atoms with van der Waals surface area (Å²) in [5.41, 5.74) is 1.31. The zero-order chi connectivity index (χ0) is 22.0. The van der Waals surface area contributed by atoms with Gasteiger partial charge in [0, 0.05) is 17.0 Å². The first-order valence-electron chi connectivity index (χ1n) is 9.68. The highest BCUT2D eigenvalue weighted by Gasteiger charge is 2.29. The molecule has 0 fully saturated rings. The molecule has 1 aromatic heterocycles. The van der Waals surface area contributed by atoms with Gasteiger partial charge in [-0.2, -0.15) is 4.98 Å². The lowest BCUT2D eigenvalue weighted by Crippen LogP contribution is -2.19. The van der Waals surface area contributed by atoms with Gasteiger partial charge in [-0.25, -0.2) is 4.98 Å². The van der Waals surface area contributed by atoms with Crippen LogP contribution in [-0.2, 0) is 0 Å². The quantitative estimate of drug-likeness (QED) is 0.256. The third kappa shape index (κ3) is 4.00. The maximum absolute atomic E-state index is 12.1. The second-order valence-corrected chi connectivity index (χ2v) is 7.27. The summed E-state index contributed by atoms with van der Waals surface area (Å²) in [5.74, 6) is 0.442. The number of benzene rings is 3. The standard InChI is InChI=1S/C23H19ClN4O3/c1-3-27(20-10-6-8-16-7-4-5-9-18(16)20)22-21(28(29)30)23(26-14-25-22)31-17-11-12-19(24)15(2)13-17/h4-14H,3H2,1-2H3. The molecule has 0 atom stereocenters. The molecule has 156 valence electrons. The Morgan fingerprint density at radius 2 is 1.87 bits per heavy atom. The van der Waals surface area contributed by atoms with Gasteiger partial charge in [-0.1, -0.05) is 48.0 Å². The highest BCUT2D eigenvalue weighted by Crippen LogP contribution is 2.40. The molecule has 0 radical (unpaired) electrons. The van der Waals surface area contributed by atoms with Crippen molar-refractivity contribution in [2.45, 2.75) is 13.8 Å². The fourth-order valence-electron chi connectivity index (χ4n) is 3.46. The Labute approximate surface area is 184 Å². The smallest absolute Gasteiger partial charge is 0.373 e. The molecular weight excluding hydrogens is 416 g/mol. The molecule has 0 saturated carbocycles. The molecule has 3 aromatic carbocycles. The first kappa shape index (κ1) is 20.6. The third-order valence-electron chi connectivity index (χ3n) is 4.93. The summed E-state index contributed by atoms with van der Waals surface area (Å²) >= 11 is 6.07. The van der Waals surface area contributed by atoms with Gasteiger partial charge in [-0.15, -0.1) is 0 Å². The Morgan fingerprint density at radius 1 is 1.10 bits per heavy atom. The topological polar surface area (TPSA) is 81.4 Å². The summed E-state index contributed by atoms with van der Waals surface area (Å²) in [5, 5.41) is 14.6. The zero-order valence-electron chi connectivity index (χ0n) is 16.9.